The van der Waals surface area contributed by atoms with Gasteiger partial charge in [-0.15, -0.1) is 6.58 Å². The van der Waals surface area contributed by atoms with Crippen LogP contribution in [-0.2, 0) is 0 Å². The van der Waals surface area contributed by atoms with Gasteiger partial charge in [0.2, 0.25) is 0 Å². The Bertz CT molecular complexity index is 183. The molecule has 16 heavy (non-hydrogen) atoms. The molecule has 0 fully saturated rings. The van der Waals surface area contributed by atoms with E-state index in [9.17, 15) is 13.2 Å². The van der Waals surface area contributed by atoms with Gasteiger partial charge in [0.15, 0.2) is 0 Å². The van der Waals surface area contributed by atoms with Crippen LogP contribution in [0.15, 0.2) is 12.7 Å². The van der Waals surface area contributed by atoms with E-state index in [0.29, 0.717) is 6.42 Å². The molecule has 5 heteroatoms. The number of thioether (sulfide) groups is 1. The number of rotatable bonds is 9. The van der Waals surface area contributed by atoms with E-state index in [2.05, 4.69) is 11.9 Å². The van der Waals surface area contributed by atoms with Crippen molar-refractivity contribution in [3.05, 3.63) is 12.7 Å². The quantitative estimate of drug-likeness (QED) is 0.499. The summed E-state index contributed by atoms with van der Waals surface area (Å²) >= 11 is 1.76. The summed E-state index contributed by atoms with van der Waals surface area (Å²) in [5.41, 5.74) is 0. The second-order valence-electron chi connectivity index (χ2n) is 3.73. The zero-order valence-electron chi connectivity index (χ0n) is 9.65. The molecule has 0 saturated heterocycles. The minimum atomic E-state index is -4.01. The van der Waals surface area contributed by atoms with E-state index < -0.39 is 12.6 Å². The largest absolute Gasteiger partial charge is 0.389 e. The second-order valence-corrected chi connectivity index (χ2v) is 4.88. The van der Waals surface area contributed by atoms with Crippen molar-refractivity contribution in [2.24, 2.45) is 0 Å². The molecule has 0 spiro atoms. The van der Waals surface area contributed by atoms with Gasteiger partial charge in [-0.05, 0) is 19.8 Å². The average molecular weight is 255 g/mol. The van der Waals surface area contributed by atoms with Crippen LogP contribution < -0.4 is 5.32 Å². The van der Waals surface area contributed by atoms with Crippen LogP contribution in [0.2, 0.25) is 0 Å². The highest BCUT2D eigenvalue weighted by Gasteiger charge is 2.26. The Morgan fingerprint density at radius 2 is 2.12 bits per heavy atom. The molecule has 1 N–H and O–H groups in total. The van der Waals surface area contributed by atoms with Crippen molar-refractivity contribution in [2.75, 3.05) is 18.1 Å². The Balaban J connectivity index is 3.31. The van der Waals surface area contributed by atoms with Crippen LogP contribution in [-0.4, -0.2) is 30.3 Å². The summed E-state index contributed by atoms with van der Waals surface area (Å²) in [7, 11) is 0. The molecule has 0 aromatic carbocycles. The number of alkyl halides is 3. The summed E-state index contributed by atoms with van der Waals surface area (Å²) in [6, 6.07) is 0.159. The van der Waals surface area contributed by atoms with Gasteiger partial charge in [-0.3, -0.25) is 0 Å². The molecule has 96 valence electrons. The average Bonchev–Trinajstić information content (AvgIpc) is 2.15. The zero-order chi connectivity index (χ0) is 12.4. The smallest absolute Gasteiger partial charge is 0.313 e. The van der Waals surface area contributed by atoms with E-state index in [4.69, 9.17) is 0 Å². The third-order valence-electron chi connectivity index (χ3n) is 2.07. The lowest BCUT2D eigenvalue weighted by Crippen LogP contribution is -2.28. The maximum atomic E-state index is 11.9. The molecule has 0 rings (SSSR count). The Morgan fingerprint density at radius 3 is 2.69 bits per heavy atom. The third-order valence-corrected chi connectivity index (χ3v) is 3.04. The Kier molecular flexibility index (Phi) is 8.84. The first-order valence-electron chi connectivity index (χ1n) is 5.44. The first-order chi connectivity index (χ1) is 7.45. The van der Waals surface area contributed by atoms with E-state index in [1.54, 1.807) is 11.8 Å². The van der Waals surface area contributed by atoms with E-state index >= 15 is 0 Å². The molecular formula is C11H20F3NS. The molecule has 0 radical (unpaired) electrons. The summed E-state index contributed by atoms with van der Waals surface area (Å²) < 4.78 is 35.6. The van der Waals surface area contributed by atoms with Crippen molar-refractivity contribution in [3.8, 4) is 0 Å². The predicted molar refractivity (Wildman–Crippen MR) is 64.9 cm³/mol. The fourth-order valence-electron chi connectivity index (χ4n) is 1.25. The summed E-state index contributed by atoms with van der Waals surface area (Å²) in [4.78, 5) is 0. The summed E-state index contributed by atoms with van der Waals surface area (Å²) in [5, 5.41) is 3.21. The summed E-state index contributed by atoms with van der Waals surface area (Å²) in [6.45, 7) is 6.37. The van der Waals surface area contributed by atoms with Gasteiger partial charge in [-0.25, -0.2) is 0 Å². The van der Waals surface area contributed by atoms with Crippen LogP contribution in [0.3, 0.4) is 0 Å². The molecule has 0 amide bonds. The Labute approximate surface area is 99.9 Å². The molecule has 0 bridgehead atoms. The summed E-state index contributed by atoms with van der Waals surface area (Å²) in [5.74, 6) is 1.89. The van der Waals surface area contributed by atoms with Gasteiger partial charge >= 0.3 is 6.18 Å². The van der Waals surface area contributed by atoms with Gasteiger partial charge in [0.05, 0.1) is 0 Å². The van der Waals surface area contributed by atoms with Crippen molar-refractivity contribution < 1.29 is 13.2 Å². The maximum absolute atomic E-state index is 11.9. The van der Waals surface area contributed by atoms with Crippen molar-refractivity contribution >= 4 is 11.8 Å². The van der Waals surface area contributed by atoms with Crippen molar-refractivity contribution in [1.82, 2.24) is 5.32 Å². The molecule has 0 heterocycles. The summed E-state index contributed by atoms with van der Waals surface area (Å²) in [6.07, 6.45) is -2.07. The lowest BCUT2D eigenvalue weighted by molar-refractivity contribution is -0.135. The number of hydrogen-bond donors (Lipinski definition) is 1. The minimum absolute atomic E-state index is 0.159. The van der Waals surface area contributed by atoms with E-state index in [-0.39, 0.29) is 12.5 Å². The monoisotopic (exact) mass is 255 g/mol. The normalized spacial score (nSPS) is 13.8. The number of halogens is 3. The van der Waals surface area contributed by atoms with Crippen LogP contribution in [0.1, 0.15) is 26.2 Å². The fraction of sp³-hybridized carbons (Fsp3) is 0.818. The molecule has 0 aromatic heterocycles. The van der Waals surface area contributed by atoms with E-state index in [1.165, 1.54) is 0 Å². The molecule has 0 aromatic rings. The van der Waals surface area contributed by atoms with Crippen LogP contribution in [0.25, 0.3) is 0 Å². The molecule has 0 aliphatic rings. The molecule has 1 unspecified atom stereocenters. The van der Waals surface area contributed by atoms with Gasteiger partial charge in [0.25, 0.3) is 0 Å². The molecular weight excluding hydrogens is 235 g/mol. The van der Waals surface area contributed by atoms with Gasteiger partial charge in [-0.2, -0.15) is 24.9 Å². The van der Waals surface area contributed by atoms with Crippen molar-refractivity contribution in [3.63, 3.8) is 0 Å². The molecule has 0 aliphatic heterocycles. The zero-order valence-corrected chi connectivity index (χ0v) is 10.5. The molecule has 0 saturated carbocycles. The third kappa shape index (κ3) is 11.9. The Morgan fingerprint density at radius 1 is 1.44 bits per heavy atom. The van der Waals surface area contributed by atoms with E-state index in [0.717, 1.165) is 18.1 Å². The predicted octanol–water partition coefficient (Wildman–Crippen LogP) is 3.62. The SMILES string of the molecule is C=CCSCCNC(C)CCCC(F)(F)F. The molecule has 0 aliphatic carbocycles. The topological polar surface area (TPSA) is 12.0 Å². The highest BCUT2D eigenvalue weighted by molar-refractivity contribution is 7.99. The lowest BCUT2D eigenvalue weighted by atomic mass is 10.1. The van der Waals surface area contributed by atoms with Crippen molar-refractivity contribution in [2.45, 2.75) is 38.4 Å². The fourth-order valence-corrected chi connectivity index (χ4v) is 1.85. The second kappa shape index (κ2) is 8.93. The molecule has 1 atom stereocenters. The maximum Gasteiger partial charge on any atom is 0.389 e. The first-order valence-corrected chi connectivity index (χ1v) is 6.60. The van der Waals surface area contributed by atoms with Crippen LogP contribution in [0.4, 0.5) is 13.2 Å². The van der Waals surface area contributed by atoms with Crippen LogP contribution in [0.5, 0.6) is 0 Å². The van der Waals surface area contributed by atoms with Gasteiger partial charge in [0, 0.05) is 30.5 Å². The van der Waals surface area contributed by atoms with E-state index in [1.807, 2.05) is 13.0 Å². The molecule has 1 nitrogen and oxygen atoms in total. The highest BCUT2D eigenvalue weighted by Crippen LogP contribution is 2.22. The Hall–Kier alpha value is -0.160. The van der Waals surface area contributed by atoms with Crippen molar-refractivity contribution in [1.29, 1.82) is 0 Å². The van der Waals surface area contributed by atoms with Gasteiger partial charge < -0.3 is 5.32 Å². The lowest BCUT2D eigenvalue weighted by Gasteiger charge is -2.14. The highest BCUT2D eigenvalue weighted by atomic mass is 32.2. The number of nitrogens with one attached hydrogen (secondary N) is 1. The van der Waals surface area contributed by atoms with Crippen LogP contribution in [0, 0.1) is 0 Å². The number of hydrogen-bond acceptors (Lipinski definition) is 2. The van der Waals surface area contributed by atoms with Gasteiger partial charge in [0.1, 0.15) is 0 Å². The van der Waals surface area contributed by atoms with Gasteiger partial charge in [-0.1, -0.05) is 6.08 Å². The van der Waals surface area contributed by atoms with Crippen LogP contribution >= 0.6 is 11.8 Å². The minimum Gasteiger partial charge on any atom is -0.313 e. The first kappa shape index (κ1) is 15.8. The standard InChI is InChI=1S/C11H20F3NS/c1-3-8-16-9-7-15-10(2)5-4-6-11(12,13)14/h3,10,15H,1,4-9H2,2H3.